The van der Waals surface area contributed by atoms with Crippen molar-refractivity contribution in [2.75, 3.05) is 17.4 Å². The minimum Gasteiger partial charge on any atom is -0.354 e. The van der Waals surface area contributed by atoms with Gasteiger partial charge in [-0.1, -0.05) is 107 Å². The Morgan fingerprint density at radius 2 is 1.52 bits per heavy atom. The molecule has 0 aliphatic rings. The Balaban J connectivity index is 1.82. The van der Waals surface area contributed by atoms with Gasteiger partial charge in [0.2, 0.25) is 11.8 Å². The highest BCUT2D eigenvalue weighted by Gasteiger charge is 2.35. The molecule has 4 aromatic carbocycles. The van der Waals surface area contributed by atoms with Gasteiger partial charge < -0.3 is 10.2 Å². The van der Waals surface area contributed by atoms with Crippen LogP contribution in [0.3, 0.4) is 0 Å². The average Bonchev–Trinajstić information content (AvgIpc) is 3.02. The van der Waals surface area contributed by atoms with E-state index in [1.54, 1.807) is 18.2 Å². The summed E-state index contributed by atoms with van der Waals surface area (Å²) >= 11 is 16.3. The predicted molar refractivity (Wildman–Crippen MR) is 179 cm³/mol. The first-order valence-corrected chi connectivity index (χ1v) is 17.0. The van der Waals surface area contributed by atoms with Crippen molar-refractivity contribution in [2.45, 2.75) is 37.2 Å². The fourth-order valence-corrected chi connectivity index (χ4v) is 6.99. The zero-order chi connectivity index (χ0) is 31.7. The van der Waals surface area contributed by atoms with E-state index in [-0.39, 0.29) is 39.5 Å². The Kier molecular flexibility index (Phi) is 11.9. The molecule has 0 bridgehead atoms. The summed E-state index contributed by atoms with van der Waals surface area (Å²) in [5.74, 6) is -0.926. The van der Waals surface area contributed by atoms with Crippen molar-refractivity contribution >= 4 is 66.7 Å². The van der Waals surface area contributed by atoms with Crippen LogP contribution in [0.4, 0.5) is 5.69 Å². The van der Waals surface area contributed by atoms with Crippen LogP contribution in [-0.2, 0) is 32.6 Å². The molecule has 7 nitrogen and oxygen atoms in total. The molecule has 0 saturated carbocycles. The van der Waals surface area contributed by atoms with E-state index in [2.05, 4.69) is 21.2 Å². The number of hydrogen-bond acceptors (Lipinski definition) is 4. The number of carbonyl (C=O) groups is 2. The van der Waals surface area contributed by atoms with Gasteiger partial charge in [0.15, 0.2) is 0 Å². The van der Waals surface area contributed by atoms with Crippen molar-refractivity contribution in [3.8, 4) is 0 Å². The summed E-state index contributed by atoms with van der Waals surface area (Å²) in [5.41, 5.74) is 1.66. The SMILES string of the molecule is CCCNC(=O)C(Cc1ccccc1)N(Cc1cccc(Br)c1)C(=O)CN(c1cc(Cl)ccc1Cl)S(=O)(=O)c1ccccc1. The van der Waals surface area contributed by atoms with Crippen molar-refractivity contribution in [2.24, 2.45) is 0 Å². The van der Waals surface area contributed by atoms with Crippen molar-refractivity contribution < 1.29 is 18.0 Å². The minimum atomic E-state index is -4.29. The van der Waals surface area contributed by atoms with Crippen LogP contribution in [-0.4, -0.2) is 44.3 Å². The molecule has 0 aliphatic carbocycles. The van der Waals surface area contributed by atoms with E-state index in [1.165, 1.54) is 35.2 Å². The van der Waals surface area contributed by atoms with Gasteiger partial charge in [0.25, 0.3) is 10.0 Å². The monoisotopic (exact) mass is 715 g/mol. The van der Waals surface area contributed by atoms with Crippen LogP contribution < -0.4 is 9.62 Å². The third-order valence-electron chi connectivity index (χ3n) is 6.85. The molecule has 230 valence electrons. The second-order valence-corrected chi connectivity index (χ2v) is 13.7. The molecule has 0 saturated heterocycles. The van der Waals surface area contributed by atoms with Crippen LogP contribution in [0.15, 0.2) is 112 Å². The number of halogens is 3. The topological polar surface area (TPSA) is 86.8 Å². The number of nitrogens with one attached hydrogen (secondary N) is 1. The van der Waals surface area contributed by atoms with Crippen molar-refractivity contribution in [1.29, 1.82) is 0 Å². The first kappa shape index (κ1) is 33.5. The van der Waals surface area contributed by atoms with Gasteiger partial charge in [-0.15, -0.1) is 0 Å². The number of carbonyl (C=O) groups excluding carboxylic acids is 2. The van der Waals surface area contributed by atoms with Gasteiger partial charge >= 0.3 is 0 Å². The van der Waals surface area contributed by atoms with E-state index < -0.39 is 28.5 Å². The van der Waals surface area contributed by atoms with E-state index >= 15 is 0 Å². The van der Waals surface area contributed by atoms with Gasteiger partial charge in [0.05, 0.1) is 15.6 Å². The van der Waals surface area contributed by atoms with Gasteiger partial charge in [-0.2, -0.15) is 0 Å². The number of sulfonamides is 1. The Hall–Kier alpha value is -3.37. The predicted octanol–water partition coefficient (Wildman–Crippen LogP) is 7.12. The zero-order valence-corrected chi connectivity index (χ0v) is 27.9. The van der Waals surface area contributed by atoms with E-state index in [9.17, 15) is 18.0 Å². The molecule has 2 amide bonds. The molecule has 4 aromatic rings. The lowest BCUT2D eigenvalue weighted by molar-refractivity contribution is -0.140. The Bertz CT molecular complexity index is 1690. The smallest absolute Gasteiger partial charge is 0.264 e. The largest absolute Gasteiger partial charge is 0.354 e. The van der Waals surface area contributed by atoms with Crippen molar-refractivity contribution in [3.05, 3.63) is 129 Å². The Morgan fingerprint density at radius 3 is 2.18 bits per heavy atom. The second-order valence-electron chi connectivity index (χ2n) is 10.1. The normalized spacial score (nSPS) is 11.9. The minimum absolute atomic E-state index is 0.0242. The molecule has 11 heteroatoms. The van der Waals surface area contributed by atoms with E-state index in [1.807, 2.05) is 61.5 Å². The molecule has 44 heavy (non-hydrogen) atoms. The highest BCUT2D eigenvalue weighted by molar-refractivity contribution is 9.10. The summed E-state index contributed by atoms with van der Waals surface area (Å²) in [4.78, 5) is 29.6. The van der Waals surface area contributed by atoms with Crippen LogP contribution in [0.5, 0.6) is 0 Å². The number of nitrogens with zero attached hydrogens (tertiary/aromatic N) is 2. The van der Waals surface area contributed by atoms with Crippen LogP contribution in [0.25, 0.3) is 0 Å². The number of hydrogen-bond donors (Lipinski definition) is 1. The lowest BCUT2D eigenvalue weighted by atomic mass is 10.0. The summed E-state index contributed by atoms with van der Waals surface area (Å²) in [6.07, 6.45) is 0.930. The maximum Gasteiger partial charge on any atom is 0.264 e. The summed E-state index contributed by atoms with van der Waals surface area (Å²) in [6.45, 7) is 1.79. The quantitative estimate of drug-likeness (QED) is 0.160. The van der Waals surface area contributed by atoms with Crippen LogP contribution in [0, 0.1) is 0 Å². The van der Waals surface area contributed by atoms with E-state index in [0.29, 0.717) is 13.0 Å². The number of rotatable bonds is 13. The molecular weight excluding hydrogens is 685 g/mol. The molecule has 4 rings (SSSR count). The second kappa shape index (κ2) is 15.6. The highest BCUT2D eigenvalue weighted by Crippen LogP contribution is 2.33. The average molecular weight is 718 g/mol. The Labute approximate surface area is 277 Å². The lowest BCUT2D eigenvalue weighted by Gasteiger charge is -2.34. The highest BCUT2D eigenvalue weighted by atomic mass is 79.9. The molecule has 0 aromatic heterocycles. The molecule has 1 atom stereocenters. The van der Waals surface area contributed by atoms with Crippen LogP contribution in [0.2, 0.25) is 10.0 Å². The molecular formula is C33H32BrCl2N3O4S. The summed E-state index contributed by atoms with van der Waals surface area (Å²) in [6, 6.07) is 28.1. The summed E-state index contributed by atoms with van der Waals surface area (Å²) < 4.78 is 29.9. The maximum absolute atomic E-state index is 14.5. The first-order valence-electron chi connectivity index (χ1n) is 14.0. The molecule has 0 fully saturated rings. The van der Waals surface area contributed by atoms with Gasteiger partial charge in [-0.3, -0.25) is 13.9 Å². The maximum atomic E-state index is 14.5. The first-order chi connectivity index (χ1) is 21.1. The van der Waals surface area contributed by atoms with Gasteiger partial charge in [-0.05, 0) is 60.0 Å². The molecule has 0 radical (unpaired) electrons. The van der Waals surface area contributed by atoms with E-state index in [4.69, 9.17) is 23.2 Å². The molecule has 0 spiro atoms. The van der Waals surface area contributed by atoms with Crippen LogP contribution in [0.1, 0.15) is 24.5 Å². The van der Waals surface area contributed by atoms with E-state index in [0.717, 1.165) is 19.9 Å². The molecule has 0 heterocycles. The van der Waals surface area contributed by atoms with Crippen molar-refractivity contribution in [1.82, 2.24) is 10.2 Å². The fraction of sp³-hybridized carbons (Fsp3) is 0.212. The Morgan fingerprint density at radius 1 is 0.864 bits per heavy atom. The summed E-state index contributed by atoms with van der Waals surface area (Å²) in [7, 11) is -4.29. The zero-order valence-electron chi connectivity index (χ0n) is 24.0. The molecule has 1 N–H and O–H groups in total. The fourth-order valence-electron chi connectivity index (χ4n) is 4.66. The third kappa shape index (κ3) is 8.63. The molecule has 1 unspecified atom stereocenters. The summed E-state index contributed by atoms with van der Waals surface area (Å²) in [5, 5.41) is 3.28. The third-order valence-corrected chi connectivity index (χ3v) is 9.67. The van der Waals surface area contributed by atoms with Gasteiger partial charge in [0.1, 0.15) is 12.6 Å². The lowest BCUT2D eigenvalue weighted by Crippen LogP contribution is -2.53. The standard InChI is InChI=1S/C33H32BrCl2N3O4S/c1-2-18-37-33(41)31(20-24-10-5-3-6-11-24)38(22-25-12-9-13-26(34)19-25)32(40)23-39(30-21-27(35)16-17-29(30)36)44(42,43)28-14-7-4-8-15-28/h3-17,19,21,31H,2,18,20,22-23H2,1H3,(H,37,41). The number of anilines is 1. The number of amides is 2. The van der Waals surface area contributed by atoms with Crippen LogP contribution >= 0.6 is 39.1 Å². The van der Waals surface area contributed by atoms with Gasteiger partial charge in [0, 0.05) is 29.0 Å². The van der Waals surface area contributed by atoms with Gasteiger partial charge in [-0.25, -0.2) is 8.42 Å². The number of benzene rings is 4. The van der Waals surface area contributed by atoms with Crippen molar-refractivity contribution in [3.63, 3.8) is 0 Å². The molecule has 0 aliphatic heterocycles.